The summed E-state index contributed by atoms with van der Waals surface area (Å²) in [5, 5.41) is 0. The van der Waals surface area contributed by atoms with Crippen molar-refractivity contribution >= 4 is 21.6 Å². The van der Waals surface area contributed by atoms with Gasteiger partial charge in [0.25, 0.3) is 5.91 Å². The van der Waals surface area contributed by atoms with Gasteiger partial charge in [-0.2, -0.15) is 4.31 Å². The SMILES string of the molecule is Cc1cccc2nc(C(=O)N3CCCN(S(=O)(=O)c4ccc(F)cc4)CC3)cn12. The van der Waals surface area contributed by atoms with E-state index in [1.807, 2.05) is 29.5 Å². The number of halogens is 1. The molecule has 0 unspecified atom stereocenters. The van der Waals surface area contributed by atoms with Crippen molar-refractivity contribution in [3.63, 3.8) is 0 Å². The summed E-state index contributed by atoms with van der Waals surface area (Å²) in [6, 6.07) is 10.4. The topological polar surface area (TPSA) is 75.0 Å². The quantitative estimate of drug-likeness (QED) is 0.657. The molecule has 0 bridgehead atoms. The summed E-state index contributed by atoms with van der Waals surface area (Å²) in [6.07, 6.45) is 2.23. The van der Waals surface area contributed by atoms with Gasteiger partial charge in [0.2, 0.25) is 10.0 Å². The first-order valence-corrected chi connectivity index (χ1v) is 10.8. The van der Waals surface area contributed by atoms with Crippen molar-refractivity contribution < 1.29 is 17.6 Å². The Labute approximate surface area is 168 Å². The van der Waals surface area contributed by atoms with Crippen LogP contribution in [0.4, 0.5) is 4.39 Å². The summed E-state index contributed by atoms with van der Waals surface area (Å²) < 4.78 is 42.0. The van der Waals surface area contributed by atoms with E-state index in [0.29, 0.717) is 30.9 Å². The highest BCUT2D eigenvalue weighted by Gasteiger charge is 2.29. The van der Waals surface area contributed by atoms with Crippen LogP contribution in [0.1, 0.15) is 22.6 Å². The van der Waals surface area contributed by atoms with E-state index in [9.17, 15) is 17.6 Å². The highest BCUT2D eigenvalue weighted by molar-refractivity contribution is 7.89. The molecule has 2 aromatic heterocycles. The Morgan fingerprint density at radius 2 is 1.79 bits per heavy atom. The zero-order valence-corrected chi connectivity index (χ0v) is 16.8. The molecule has 1 fully saturated rings. The minimum absolute atomic E-state index is 0.0505. The molecule has 152 valence electrons. The number of hydrogen-bond acceptors (Lipinski definition) is 4. The molecule has 0 atom stereocenters. The third-order valence-electron chi connectivity index (χ3n) is 5.11. The first-order valence-electron chi connectivity index (χ1n) is 9.36. The number of aromatic nitrogens is 2. The Kier molecular flexibility index (Phi) is 5.10. The average Bonchev–Trinajstić information content (AvgIpc) is 2.98. The lowest BCUT2D eigenvalue weighted by Gasteiger charge is -2.21. The van der Waals surface area contributed by atoms with E-state index in [4.69, 9.17) is 0 Å². The van der Waals surface area contributed by atoms with Gasteiger partial charge in [0.1, 0.15) is 17.2 Å². The van der Waals surface area contributed by atoms with Crippen molar-refractivity contribution in [1.29, 1.82) is 0 Å². The minimum Gasteiger partial charge on any atom is -0.336 e. The summed E-state index contributed by atoms with van der Waals surface area (Å²) >= 11 is 0. The standard InChI is InChI=1S/C20H21FN4O3S/c1-15-4-2-5-19-22-18(14-25(15)19)20(26)23-10-3-11-24(13-12-23)29(27,28)17-8-6-16(21)7-9-17/h2,4-9,14H,3,10-13H2,1H3. The number of carbonyl (C=O) groups excluding carboxylic acids is 1. The molecule has 1 saturated heterocycles. The van der Waals surface area contributed by atoms with Gasteiger partial charge in [-0.1, -0.05) is 6.07 Å². The van der Waals surface area contributed by atoms with Gasteiger partial charge >= 0.3 is 0 Å². The molecule has 7 nitrogen and oxygen atoms in total. The van der Waals surface area contributed by atoms with Crippen LogP contribution in [-0.4, -0.2) is 59.1 Å². The summed E-state index contributed by atoms with van der Waals surface area (Å²) in [5.41, 5.74) is 2.01. The predicted octanol–water partition coefficient (Wildman–Crippen LogP) is 2.32. The van der Waals surface area contributed by atoms with Crippen LogP contribution >= 0.6 is 0 Å². The Hall–Kier alpha value is -2.78. The van der Waals surface area contributed by atoms with Gasteiger partial charge in [0, 0.05) is 38.1 Å². The van der Waals surface area contributed by atoms with Crippen LogP contribution in [0.5, 0.6) is 0 Å². The summed E-state index contributed by atoms with van der Waals surface area (Å²) in [7, 11) is -3.73. The molecule has 1 aliphatic heterocycles. The van der Waals surface area contributed by atoms with Crippen LogP contribution < -0.4 is 0 Å². The fourth-order valence-electron chi connectivity index (χ4n) is 3.51. The first-order chi connectivity index (χ1) is 13.9. The zero-order valence-electron chi connectivity index (χ0n) is 16.0. The Morgan fingerprint density at radius 1 is 1.03 bits per heavy atom. The lowest BCUT2D eigenvalue weighted by atomic mass is 10.3. The number of nitrogens with zero attached hydrogens (tertiary/aromatic N) is 4. The molecule has 0 spiro atoms. The van der Waals surface area contributed by atoms with Crippen molar-refractivity contribution in [3.8, 4) is 0 Å². The van der Waals surface area contributed by atoms with Gasteiger partial charge < -0.3 is 9.30 Å². The van der Waals surface area contributed by atoms with Gasteiger partial charge in [-0.05, 0) is 49.7 Å². The largest absolute Gasteiger partial charge is 0.336 e. The lowest BCUT2D eigenvalue weighted by Crippen LogP contribution is -2.37. The molecule has 29 heavy (non-hydrogen) atoms. The molecule has 0 radical (unpaired) electrons. The summed E-state index contributed by atoms with van der Waals surface area (Å²) in [4.78, 5) is 19.0. The number of benzene rings is 1. The van der Waals surface area contributed by atoms with Gasteiger partial charge in [0.05, 0.1) is 4.90 Å². The van der Waals surface area contributed by atoms with Crippen molar-refractivity contribution in [2.24, 2.45) is 0 Å². The van der Waals surface area contributed by atoms with Gasteiger partial charge in [-0.15, -0.1) is 0 Å². The second kappa shape index (κ2) is 7.57. The molecule has 4 rings (SSSR count). The molecular weight excluding hydrogens is 395 g/mol. The molecule has 0 saturated carbocycles. The monoisotopic (exact) mass is 416 g/mol. The number of hydrogen-bond donors (Lipinski definition) is 0. The van der Waals surface area contributed by atoms with E-state index in [0.717, 1.165) is 17.8 Å². The molecule has 3 aromatic rings. The first kappa shape index (κ1) is 19.5. The number of pyridine rings is 1. The molecular formula is C20H21FN4O3S. The van der Waals surface area contributed by atoms with Crippen LogP contribution in [0.2, 0.25) is 0 Å². The van der Waals surface area contributed by atoms with Crippen molar-refractivity contribution in [3.05, 3.63) is 65.9 Å². The third kappa shape index (κ3) is 3.75. The van der Waals surface area contributed by atoms with Crippen LogP contribution in [0, 0.1) is 12.7 Å². The van der Waals surface area contributed by atoms with E-state index in [2.05, 4.69) is 4.98 Å². The van der Waals surface area contributed by atoms with Gasteiger partial charge in [-0.25, -0.2) is 17.8 Å². The van der Waals surface area contributed by atoms with E-state index in [1.165, 1.54) is 16.4 Å². The number of rotatable bonds is 3. The minimum atomic E-state index is -3.73. The smallest absolute Gasteiger partial charge is 0.274 e. The lowest BCUT2D eigenvalue weighted by molar-refractivity contribution is 0.0759. The van der Waals surface area contributed by atoms with Crippen LogP contribution in [0.25, 0.3) is 5.65 Å². The normalized spacial score (nSPS) is 16.1. The van der Waals surface area contributed by atoms with Crippen LogP contribution in [-0.2, 0) is 10.0 Å². The number of aryl methyl sites for hydroxylation is 1. The Bertz CT molecular complexity index is 1160. The van der Waals surface area contributed by atoms with Crippen molar-refractivity contribution in [2.75, 3.05) is 26.2 Å². The maximum Gasteiger partial charge on any atom is 0.274 e. The van der Waals surface area contributed by atoms with E-state index >= 15 is 0 Å². The summed E-state index contributed by atoms with van der Waals surface area (Å²) in [5.74, 6) is -0.701. The van der Waals surface area contributed by atoms with Crippen molar-refractivity contribution in [2.45, 2.75) is 18.2 Å². The predicted molar refractivity (Wildman–Crippen MR) is 106 cm³/mol. The number of amides is 1. The number of fused-ring (bicyclic) bond motifs is 1. The zero-order chi connectivity index (χ0) is 20.6. The third-order valence-corrected chi connectivity index (χ3v) is 7.02. The van der Waals surface area contributed by atoms with E-state index < -0.39 is 15.8 Å². The molecule has 0 N–H and O–H groups in total. The molecule has 9 heteroatoms. The average molecular weight is 416 g/mol. The number of carbonyl (C=O) groups is 1. The second-order valence-electron chi connectivity index (χ2n) is 7.03. The highest BCUT2D eigenvalue weighted by Crippen LogP contribution is 2.19. The maximum atomic E-state index is 13.1. The van der Waals surface area contributed by atoms with E-state index in [-0.39, 0.29) is 23.9 Å². The fraction of sp³-hybridized carbons (Fsp3) is 0.300. The molecule has 3 heterocycles. The number of sulfonamides is 1. The Balaban J connectivity index is 1.51. The van der Waals surface area contributed by atoms with Crippen LogP contribution in [0.3, 0.4) is 0 Å². The van der Waals surface area contributed by atoms with Gasteiger partial charge in [0.15, 0.2) is 0 Å². The molecule has 1 aliphatic rings. The van der Waals surface area contributed by atoms with Crippen LogP contribution in [0.15, 0.2) is 53.6 Å². The number of imidazole rings is 1. The summed E-state index contributed by atoms with van der Waals surface area (Å²) in [6.45, 7) is 3.13. The molecule has 1 amide bonds. The Morgan fingerprint density at radius 3 is 2.52 bits per heavy atom. The van der Waals surface area contributed by atoms with E-state index in [1.54, 1.807) is 11.1 Å². The van der Waals surface area contributed by atoms with Gasteiger partial charge in [-0.3, -0.25) is 4.79 Å². The highest BCUT2D eigenvalue weighted by atomic mass is 32.2. The second-order valence-corrected chi connectivity index (χ2v) is 8.96. The van der Waals surface area contributed by atoms with Crippen molar-refractivity contribution in [1.82, 2.24) is 18.6 Å². The maximum absolute atomic E-state index is 13.1. The fourth-order valence-corrected chi connectivity index (χ4v) is 4.98. The molecule has 0 aliphatic carbocycles. The molecule has 1 aromatic carbocycles.